The number of hydrogen-bond acceptors (Lipinski definition) is 6. The fraction of sp³-hybridized carbons (Fsp3) is 0.500. The third-order valence-electron chi connectivity index (χ3n) is 2.82. The summed E-state index contributed by atoms with van der Waals surface area (Å²) in [6.07, 6.45) is 1.15. The van der Waals surface area contributed by atoms with Gasteiger partial charge >= 0.3 is 5.97 Å². The Morgan fingerprint density at radius 2 is 2.55 bits per heavy atom. The molecule has 2 nitrogen and oxygen atoms in total. The van der Waals surface area contributed by atoms with E-state index in [-0.39, 0.29) is 16.2 Å². The Kier molecular flexibility index (Phi) is 5.95. The van der Waals surface area contributed by atoms with E-state index in [9.17, 15) is 4.79 Å². The van der Waals surface area contributed by atoms with Gasteiger partial charge in [-0.05, 0) is 25.3 Å². The van der Waals surface area contributed by atoms with Gasteiger partial charge in [-0.25, -0.2) is 4.79 Å². The molecule has 110 valence electrons. The molecule has 3 atom stereocenters. The summed E-state index contributed by atoms with van der Waals surface area (Å²) in [5.41, 5.74) is 0. The Bertz CT molecular complexity index is 460. The van der Waals surface area contributed by atoms with Gasteiger partial charge in [0.2, 0.25) is 0 Å². The van der Waals surface area contributed by atoms with E-state index in [4.69, 9.17) is 4.74 Å². The van der Waals surface area contributed by atoms with Gasteiger partial charge in [0.25, 0.3) is 0 Å². The number of carbonyl (C=O) groups is 1. The predicted octanol–water partition coefficient (Wildman–Crippen LogP) is 4.58. The molecule has 2 rings (SSSR count). The van der Waals surface area contributed by atoms with Crippen molar-refractivity contribution < 1.29 is 9.53 Å². The van der Waals surface area contributed by atoms with Crippen LogP contribution in [0.4, 0.5) is 0 Å². The summed E-state index contributed by atoms with van der Waals surface area (Å²) in [6, 6.07) is 4.33. The Morgan fingerprint density at radius 3 is 3.20 bits per heavy atom. The SMILES string of the molecule is C=CC(=O)OC(C)CSC1CSC(C)(c2cccs2)S1. The maximum absolute atomic E-state index is 11.1. The molecule has 0 N–H and O–H groups in total. The summed E-state index contributed by atoms with van der Waals surface area (Å²) in [7, 11) is 0. The highest BCUT2D eigenvalue weighted by Crippen LogP contribution is 2.58. The van der Waals surface area contributed by atoms with Crippen LogP contribution in [0.25, 0.3) is 0 Å². The molecule has 0 saturated carbocycles. The molecule has 1 aliphatic heterocycles. The Labute approximate surface area is 137 Å². The van der Waals surface area contributed by atoms with Crippen LogP contribution in [-0.4, -0.2) is 28.2 Å². The zero-order valence-corrected chi connectivity index (χ0v) is 14.8. The Morgan fingerprint density at radius 1 is 1.75 bits per heavy atom. The topological polar surface area (TPSA) is 26.3 Å². The van der Waals surface area contributed by atoms with Gasteiger partial charge in [0.1, 0.15) is 6.10 Å². The zero-order chi connectivity index (χ0) is 14.6. The molecule has 2 heterocycles. The molecule has 3 unspecified atom stereocenters. The van der Waals surface area contributed by atoms with E-state index in [1.54, 1.807) is 0 Å². The van der Waals surface area contributed by atoms with Crippen LogP contribution in [0, 0.1) is 0 Å². The van der Waals surface area contributed by atoms with Gasteiger partial charge in [0.05, 0.1) is 8.66 Å². The van der Waals surface area contributed by atoms with Crippen LogP contribution in [0.1, 0.15) is 18.7 Å². The second-order valence-corrected chi connectivity index (χ2v) is 10.4. The van der Waals surface area contributed by atoms with Gasteiger partial charge in [-0.1, -0.05) is 12.6 Å². The molecule has 0 spiro atoms. The van der Waals surface area contributed by atoms with Gasteiger partial charge < -0.3 is 4.74 Å². The van der Waals surface area contributed by atoms with Crippen molar-refractivity contribution in [1.29, 1.82) is 0 Å². The number of esters is 1. The van der Waals surface area contributed by atoms with Crippen molar-refractivity contribution >= 4 is 52.6 Å². The minimum atomic E-state index is -0.338. The number of thioether (sulfide) groups is 3. The first-order valence-corrected chi connectivity index (χ1v) is 10.1. The molecule has 0 bridgehead atoms. The van der Waals surface area contributed by atoms with Crippen molar-refractivity contribution in [3.05, 3.63) is 35.0 Å². The minimum Gasteiger partial charge on any atom is -0.459 e. The second kappa shape index (κ2) is 7.29. The van der Waals surface area contributed by atoms with E-state index >= 15 is 0 Å². The molecular formula is C14H18O2S4. The van der Waals surface area contributed by atoms with E-state index in [0.29, 0.717) is 4.58 Å². The number of rotatable bonds is 6. The second-order valence-electron chi connectivity index (χ2n) is 4.57. The Balaban J connectivity index is 1.79. The zero-order valence-electron chi connectivity index (χ0n) is 11.5. The van der Waals surface area contributed by atoms with E-state index in [1.807, 2.05) is 53.5 Å². The summed E-state index contributed by atoms with van der Waals surface area (Å²) >= 11 is 7.73. The van der Waals surface area contributed by atoms with Crippen LogP contribution in [0.5, 0.6) is 0 Å². The molecule has 1 aromatic rings. The summed E-state index contributed by atoms with van der Waals surface area (Å²) < 4.78 is 5.92. The van der Waals surface area contributed by atoms with Crippen LogP contribution < -0.4 is 0 Å². The number of hydrogen-bond donors (Lipinski definition) is 0. The smallest absolute Gasteiger partial charge is 0.330 e. The monoisotopic (exact) mass is 346 g/mol. The predicted molar refractivity (Wildman–Crippen MR) is 93.7 cm³/mol. The number of thiophene rings is 1. The maximum Gasteiger partial charge on any atom is 0.330 e. The first-order chi connectivity index (χ1) is 9.53. The summed E-state index contributed by atoms with van der Waals surface area (Å²) in [5, 5.41) is 2.14. The quantitative estimate of drug-likeness (QED) is 0.555. The molecule has 1 fully saturated rings. The lowest BCUT2D eigenvalue weighted by Crippen LogP contribution is -2.17. The van der Waals surface area contributed by atoms with Crippen LogP contribution in [0.3, 0.4) is 0 Å². The highest BCUT2D eigenvalue weighted by molar-refractivity contribution is 8.28. The maximum atomic E-state index is 11.1. The van der Waals surface area contributed by atoms with Crippen molar-refractivity contribution in [2.45, 2.75) is 28.6 Å². The molecule has 20 heavy (non-hydrogen) atoms. The van der Waals surface area contributed by atoms with Crippen molar-refractivity contribution in [3.8, 4) is 0 Å². The highest BCUT2D eigenvalue weighted by Gasteiger charge is 2.39. The molecule has 1 aromatic heterocycles. The first-order valence-electron chi connectivity index (χ1n) is 6.34. The minimum absolute atomic E-state index is 0.0651. The third kappa shape index (κ3) is 4.23. The summed E-state index contributed by atoms with van der Waals surface area (Å²) in [4.78, 5) is 12.6. The third-order valence-corrected chi connectivity index (χ3v) is 9.50. The van der Waals surface area contributed by atoms with E-state index in [2.05, 4.69) is 31.0 Å². The van der Waals surface area contributed by atoms with Crippen molar-refractivity contribution in [1.82, 2.24) is 0 Å². The number of carbonyl (C=O) groups excluding carboxylic acids is 1. The molecule has 0 aliphatic carbocycles. The lowest BCUT2D eigenvalue weighted by atomic mass is 10.4. The summed E-state index contributed by atoms with van der Waals surface area (Å²) in [6.45, 7) is 7.64. The van der Waals surface area contributed by atoms with Crippen LogP contribution in [0.2, 0.25) is 0 Å². The largest absolute Gasteiger partial charge is 0.459 e. The fourth-order valence-corrected chi connectivity index (χ4v) is 8.16. The lowest BCUT2D eigenvalue weighted by molar-refractivity contribution is -0.141. The Hall–Kier alpha value is -0.0400. The molecule has 0 aromatic carbocycles. The fourth-order valence-electron chi connectivity index (χ4n) is 1.82. The number of ether oxygens (including phenoxy) is 1. The molecule has 6 heteroatoms. The van der Waals surface area contributed by atoms with E-state index < -0.39 is 0 Å². The van der Waals surface area contributed by atoms with E-state index in [1.165, 1.54) is 11.0 Å². The highest BCUT2D eigenvalue weighted by atomic mass is 32.2. The van der Waals surface area contributed by atoms with Crippen LogP contribution in [0.15, 0.2) is 30.2 Å². The van der Waals surface area contributed by atoms with Crippen molar-refractivity contribution in [3.63, 3.8) is 0 Å². The average molecular weight is 347 g/mol. The normalized spacial score (nSPS) is 27.2. The molecule has 1 aliphatic rings. The van der Waals surface area contributed by atoms with Gasteiger partial charge in [-0.2, -0.15) is 0 Å². The van der Waals surface area contributed by atoms with Crippen LogP contribution >= 0.6 is 46.6 Å². The van der Waals surface area contributed by atoms with Crippen molar-refractivity contribution in [2.24, 2.45) is 0 Å². The summed E-state index contributed by atoms with van der Waals surface area (Å²) in [5.74, 6) is 1.62. The molecule has 0 radical (unpaired) electrons. The van der Waals surface area contributed by atoms with Gasteiger partial charge in [0.15, 0.2) is 0 Å². The van der Waals surface area contributed by atoms with Gasteiger partial charge in [0, 0.05) is 22.5 Å². The first kappa shape index (κ1) is 16.3. The average Bonchev–Trinajstić information content (AvgIpc) is 3.06. The standard InChI is InChI=1S/C14H18O2S4/c1-4-12(15)16-10(2)8-18-13-9-19-14(3,20-13)11-6-5-7-17-11/h4-7,10,13H,1,8-9H2,2-3H3. The molecular weight excluding hydrogens is 328 g/mol. The van der Waals surface area contributed by atoms with E-state index in [0.717, 1.165) is 11.5 Å². The molecule has 0 amide bonds. The van der Waals surface area contributed by atoms with Gasteiger partial charge in [-0.15, -0.1) is 46.6 Å². The lowest BCUT2D eigenvalue weighted by Gasteiger charge is -2.21. The van der Waals surface area contributed by atoms with Crippen molar-refractivity contribution in [2.75, 3.05) is 11.5 Å². The van der Waals surface area contributed by atoms with Gasteiger partial charge in [-0.3, -0.25) is 0 Å². The molecule has 1 saturated heterocycles. The van der Waals surface area contributed by atoms with Crippen LogP contribution in [-0.2, 0) is 13.6 Å².